The molecule has 3 nitrogen and oxygen atoms in total. The van der Waals surface area contributed by atoms with Gasteiger partial charge in [0.2, 0.25) is 0 Å². The summed E-state index contributed by atoms with van der Waals surface area (Å²) in [5, 5.41) is 13.4. The summed E-state index contributed by atoms with van der Waals surface area (Å²) < 4.78 is 0. The number of hydrogen-bond donors (Lipinski definition) is 2. The zero-order valence-corrected chi connectivity index (χ0v) is 10.2. The van der Waals surface area contributed by atoms with Crippen LogP contribution in [0.2, 0.25) is 0 Å². The summed E-state index contributed by atoms with van der Waals surface area (Å²) in [7, 11) is 0. The van der Waals surface area contributed by atoms with Crippen molar-refractivity contribution in [2.24, 2.45) is 4.99 Å². The predicted molar refractivity (Wildman–Crippen MR) is 70.8 cm³/mol. The van der Waals surface area contributed by atoms with Crippen LogP contribution in [0.25, 0.3) is 0 Å². The van der Waals surface area contributed by atoms with E-state index in [0.717, 1.165) is 36.5 Å². The van der Waals surface area contributed by atoms with Crippen LogP contribution in [0.4, 0.5) is 0 Å². The number of aliphatic imine (C=N–C) groups is 1. The van der Waals surface area contributed by atoms with Crippen molar-refractivity contribution in [2.75, 3.05) is 13.1 Å². The van der Waals surface area contributed by atoms with Gasteiger partial charge in [0.25, 0.3) is 0 Å². The van der Waals surface area contributed by atoms with Gasteiger partial charge in [-0.2, -0.15) is 0 Å². The molecule has 2 rings (SSSR count). The Morgan fingerprint density at radius 1 is 1.53 bits per heavy atom. The Balaban J connectivity index is 2.48. The first-order valence-corrected chi connectivity index (χ1v) is 6.00. The number of nitrogens with one attached hydrogen (secondary N) is 1. The van der Waals surface area contributed by atoms with E-state index in [4.69, 9.17) is 0 Å². The molecule has 1 aromatic rings. The maximum absolute atomic E-state index is 10.2. The Hall–Kier alpha value is -1.77. The summed E-state index contributed by atoms with van der Waals surface area (Å²) in [5.41, 5.74) is 2.95. The van der Waals surface area contributed by atoms with Gasteiger partial charge in [-0.3, -0.25) is 4.99 Å². The lowest BCUT2D eigenvalue weighted by Crippen LogP contribution is -2.20. The number of nitrogens with zero attached hydrogens (tertiary/aromatic N) is 1. The Kier molecular flexibility index (Phi) is 3.47. The summed E-state index contributed by atoms with van der Waals surface area (Å²) in [4.78, 5) is 4.36. The molecule has 0 aliphatic carbocycles. The minimum Gasteiger partial charge on any atom is -0.507 e. The molecule has 1 heterocycles. The fraction of sp³-hybridized carbons (Fsp3) is 0.357. The highest BCUT2D eigenvalue weighted by Crippen LogP contribution is 2.26. The van der Waals surface area contributed by atoms with Gasteiger partial charge >= 0.3 is 0 Å². The van der Waals surface area contributed by atoms with Crippen molar-refractivity contribution in [3.8, 4) is 5.75 Å². The summed E-state index contributed by atoms with van der Waals surface area (Å²) >= 11 is 0. The number of aromatic hydroxyl groups is 1. The van der Waals surface area contributed by atoms with Gasteiger partial charge in [-0.05, 0) is 30.0 Å². The second-order valence-electron chi connectivity index (χ2n) is 4.15. The van der Waals surface area contributed by atoms with Crippen molar-refractivity contribution in [1.29, 1.82) is 0 Å². The van der Waals surface area contributed by atoms with E-state index >= 15 is 0 Å². The van der Waals surface area contributed by atoms with Gasteiger partial charge < -0.3 is 10.4 Å². The van der Waals surface area contributed by atoms with Crippen LogP contribution in [0.15, 0.2) is 29.8 Å². The lowest BCUT2D eigenvalue weighted by Gasteiger charge is -2.12. The van der Waals surface area contributed by atoms with E-state index in [9.17, 15) is 5.11 Å². The number of aryl methyl sites for hydroxylation is 1. The van der Waals surface area contributed by atoms with Crippen LogP contribution in [-0.4, -0.2) is 24.0 Å². The molecule has 90 valence electrons. The highest BCUT2D eigenvalue weighted by atomic mass is 16.3. The van der Waals surface area contributed by atoms with Crippen LogP contribution in [0, 0.1) is 0 Å². The van der Waals surface area contributed by atoms with E-state index in [-0.39, 0.29) is 0 Å². The second-order valence-corrected chi connectivity index (χ2v) is 4.15. The average Bonchev–Trinajstić information content (AvgIpc) is 2.85. The number of rotatable bonds is 4. The van der Waals surface area contributed by atoms with Crippen LogP contribution >= 0.6 is 0 Å². The van der Waals surface area contributed by atoms with E-state index in [1.54, 1.807) is 0 Å². The molecule has 2 N–H and O–H groups in total. The van der Waals surface area contributed by atoms with Crippen molar-refractivity contribution in [2.45, 2.75) is 19.8 Å². The lowest BCUT2D eigenvalue weighted by atomic mass is 9.99. The molecule has 1 aliphatic rings. The van der Waals surface area contributed by atoms with Crippen molar-refractivity contribution >= 4 is 5.84 Å². The van der Waals surface area contributed by atoms with Gasteiger partial charge in [0.1, 0.15) is 11.6 Å². The number of hydrogen-bond acceptors (Lipinski definition) is 3. The van der Waals surface area contributed by atoms with Crippen LogP contribution in [0.5, 0.6) is 5.75 Å². The van der Waals surface area contributed by atoms with E-state index in [1.807, 2.05) is 18.2 Å². The lowest BCUT2D eigenvalue weighted by molar-refractivity contribution is 0.468. The quantitative estimate of drug-likeness (QED) is 0.777. The molecule has 0 bridgehead atoms. The molecule has 3 heteroatoms. The fourth-order valence-corrected chi connectivity index (χ4v) is 2.03. The molecule has 0 saturated heterocycles. The Morgan fingerprint density at radius 3 is 2.94 bits per heavy atom. The molecule has 0 fully saturated rings. The smallest absolute Gasteiger partial charge is 0.132 e. The number of phenolic OH excluding ortho intramolecular Hbond substituents is 1. The van der Waals surface area contributed by atoms with Crippen molar-refractivity contribution in [1.82, 2.24) is 5.32 Å². The predicted octanol–water partition coefficient (Wildman–Crippen LogP) is 2.03. The molecule has 0 spiro atoms. The Labute approximate surface area is 102 Å². The first-order chi connectivity index (χ1) is 8.26. The zero-order valence-electron chi connectivity index (χ0n) is 10.2. The van der Waals surface area contributed by atoms with Gasteiger partial charge in [-0.1, -0.05) is 19.1 Å². The fourth-order valence-electron chi connectivity index (χ4n) is 2.03. The molecule has 0 saturated carbocycles. The van der Waals surface area contributed by atoms with Crippen molar-refractivity contribution in [3.63, 3.8) is 0 Å². The second kappa shape index (κ2) is 5.04. The molecule has 0 unspecified atom stereocenters. The standard InChI is InChI=1S/C14H18N2O/c1-3-5-11-8-10(4-2)9-12(13(11)17)14-15-6-7-16-14/h3,8-9,17H,1,4-7H2,2H3,(H,15,16). The molecule has 0 amide bonds. The van der Waals surface area contributed by atoms with Crippen molar-refractivity contribution < 1.29 is 5.11 Å². The molecule has 0 atom stereocenters. The van der Waals surface area contributed by atoms with E-state index in [0.29, 0.717) is 12.2 Å². The minimum atomic E-state index is 0.329. The maximum Gasteiger partial charge on any atom is 0.132 e. The largest absolute Gasteiger partial charge is 0.507 e. The van der Waals surface area contributed by atoms with Gasteiger partial charge in [0.05, 0.1) is 12.1 Å². The number of amidine groups is 1. The van der Waals surface area contributed by atoms with Crippen LogP contribution in [0.3, 0.4) is 0 Å². The summed E-state index contributed by atoms with van der Waals surface area (Å²) in [6.45, 7) is 7.46. The van der Waals surface area contributed by atoms with Gasteiger partial charge in [-0.15, -0.1) is 6.58 Å². The third-order valence-electron chi connectivity index (χ3n) is 2.95. The molecule has 0 aromatic heterocycles. The third kappa shape index (κ3) is 2.33. The molecule has 1 aliphatic heterocycles. The van der Waals surface area contributed by atoms with Gasteiger partial charge in [-0.25, -0.2) is 0 Å². The molecule has 0 radical (unpaired) electrons. The van der Waals surface area contributed by atoms with E-state index in [1.165, 1.54) is 5.56 Å². The minimum absolute atomic E-state index is 0.329. The SMILES string of the molecule is C=CCc1cc(CC)cc(C2=NCCN2)c1O. The molecular formula is C14H18N2O. The van der Waals surface area contributed by atoms with Crippen LogP contribution in [0.1, 0.15) is 23.6 Å². The Bertz CT molecular complexity index is 464. The monoisotopic (exact) mass is 230 g/mol. The van der Waals surface area contributed by atoms with Gasteiger partial charge in [0.15, 0.2) is 0 Å². The van der Waals surface area contributed by atoms with Crippen LogP contribution in [-0.2, 0) is 12.8 Å². The normalized spacial score (nSPS) is 14.3. The average molecular weight is 230 g/mol. The highest BCUT2D eigenvalue weighted by molar-refractivity contribution is 6.02. The molecular weight excluding hydrogens is 212 g/mol. The highest BCUT2D eigenvalue weighted by Gasteiger charge is 2.15. The number of allylic oxidation sites excluding steroid dienone is 1. The number of benzene rings is 1. The first kappa shape index (κ1) is 11.7. The summed E-state index contributed by atoms with van der Waals surface area (Å²) in [6, 6.07) is 4.05. The van der Waals surface area contributed by atoms with E-state index < -0.39 is 0 Å². The maximum atomic E-state index is 10.2. The summed E-state index contributed by atoms with van der Waals surface area (Å²) in [5.74, 6) is 1.14. The Morgan fingerprint density at radius 2 is 2.35 bits per heavy atom. The molecule has 17 heavy (non-hydrogen) atoms. The van der Waals surface area contributed by atoms with Crippen molar-refractivity contribution in [3.05, 3.63) is 41.5 Å². The van der Waals surface area contributed by atoms with Crippen LogP contribution < -0.4 is 5.32 Å². The van der Waals surface area contributed by atoms with E-state index in [2.05, 4.69) is 23.8 Å². The number of phenols is 1. The first-order valence-electron chi connectivity index (χ1n) is 6.00. The topological polar surface area (TPSA) is 44.6 Å². The van der Waals surface area contributed by atoms with Gasteiger partial charge in [0, 0.05) is 6.54 Å². The summed E-state index contributed by atoms with van der Waals surface area (Å²) in [6.07, 6.45) is 3.44. The molecule has 1 aromatic carbocycles. The zero-order chi connectivity index (χ0) is 12.3. The third-order valence-corrected chi connectivity index (χ3v) is 2.95.